The zero-order chi connectivity index (χ0) is 18.1. The maximum atomic E-state index is 13.3. The van der Waals surface area contributed by atoms with Crippen molar-refractivity contribution in [3.05, 3.63) is 89.9 Å². The van der Waals surface area contributed by atoms with E-state index >= 15 is 0 Å². The summed E-state index contributed by atoms with van der Waals surface area (Å²) in [6.45, 7) is 1.97. The number of halogens is 1. The number of aromatic nitrogens is 2. The Kier molecular flexibility index (Phi) is 3.97. The van der Waals surface area contributed by atoms with Gasteiger partial charge in [-0.15, -0.1) is 0 Å². The lowest BCUT2D eigenvalue weighted by atomic mass is 10.1. The summed E-state index contributed by atoms with van der Waals surface area (Å²) in [6, 6.07) is 18.9. The second kappa shape index (κ2) is 6.44. The predicted molar refractivity (Wildman–Crippen MR) is 99.7 cm³/mol. The number of imidazole rings is 1. The van der Waals surface area contributed by atoms with E-state index in [0.717, 1.165) is 11.1 Å². The third-order valence-electron chi connectivity index (χ3n) is 4.15. The Morgan fingerprint density at radius 2 is 1.73 bits per heavy atom. The van der Waals surface area contributed by atoms with E-state index in [4.69, 9.17) is 0 Å². The number of hydrogen-bond acceptors (Lipinski definition) is 2. The molecule has 2 aromatic heterocycles. The summed E-state index contributed by atoms with van der Waals surface area (Å²) >= 11 is 0. The monoisotopic (exact) mass is 345 g/mol. The van der Waals surface area contributed by atoms with Crippen LogP contribution in [0.2, 0.25) is 0 Å². The minimum atomic E-state index is -0.316. The maximum absolute atomic E-state index is 13.3. The van der Waals surface area contributed by atoms with Crippen LogP contribution in [-0.4, -0.2) is 15.3 Å². The molecular weight excluding hydrogens is 329 g/mol. The molecule has 0 aliphatic rings. The van der Waals surface area contributed by atoms with E-state index in [2.05, 4.69) is 10.3 Å². The van der Waals surface area contributed by atoms with Crippen LogP contribution in [-0.2, 0) is 0 Å². The van der Waals surface area contributed by atoms with Crippen molar-refractivity contribution in [3.63, 3.8) is 0 Å². The van der Waals surface area contributed by atoms with Crippen molar-refractivity contribution in [2.75, 3.05) is 5.32 Å². The standard InChI is InChI=1S/C21H16FN3O/c1-14-7-12-18-23-19(15-8-10-17(22)11-9-15)20(25(18)13-14)24-21(26)16-5-3-2-4-6-16/h2-13H,1H3,(H,24,26). The average Bonchev–Trinajstić information content (AvgIpc) is 3.01. The lowest BCUT2D eigenvalue weighted by Gasteiger charge is -2.08. The van der Waals surface area contributed by atoms with Gasteiger partial charge in [-0.3, -0.25) is 9.20 Å². The number of hydrogen-bond donors (Lipinski definition) is 1. The molecule has 4 rings (SSSR count). The van der Waals surface area contributed by atoms with Gasteiger partial charge in [0, 0.05) is 17.3 Å². The molecule has 2 heterocycles. The van der Waals surface area contributed by atoms with E-state index in [1.807, 2.05) is 47.9 Å². The molecule has 0 spiro atoms. The number of fused-ring (bicyclic) bond motifs is 1. The third kappa shape index (κ3) is 2.95. The molecule has 0 aliphatic carbocycles. The molecule has 2 aromatic carbocycles. The summed E-state index contributed by atoms with van der Waals surface area (Å²) in [5, 5.41) is 2.96. The molecule has 4 aromatic rings. The molecule has 0 bridgehead atoms. The first kappa shape index (κ1) is 16.0. The van der Waals surface area contributed by atoms with Crippen LogP contribution >= 0.6 is 0 Å². The van der Waals surface area contributed by atoms with Crippen LogP contribution in [0.25, 0.3) is 16.9 Å². The molecule has 0 radical (unpaired) electrons. The van der Waals surface area contributed by atoms with E-state index in [1.165, 1.54) is 12.1 Å². The molecule has 1 amide bonds. The van der Waals surface area contributed by atoms with E-state index in [0.29, 0.717) is 22.7 Å². The summed E-state index contributed by atoms with van der Waals surface area (Å²) in [7, 11) is 0. The third-order valence-corrected chi connectivity index (χ3v) is 4.15. The Hall–Kier alpha value is -3.47. The van der Waals surface area contributed by atoms with E-state index in [9.17, 15) is 9.18 Å². The number of nitrogens with one attached hydrogen (secondary N) is 1. The molecule has 4 nitrogen and oxygen atoms in total. The smallest absolute Gasteiger partial charge is 0.256 e. The Balaban J connectivity index is 1.85. The van der Waals surface area contributed by atoms with Crippen molar-refractivity contribution in [3.8, 4) is 11.3 Å². The van der Waals surface area contributed by atoms with Crippen molar-refractivity contribution in [1.82, 2.24) is 9.38 Å². The van der Waals surface area contributed by atoms with Gasteiger partial charge in [-0.2, -0.15) is 0 Å². The topological polar surface area (TPSA) is 46.4 Å². The fourth-order valence-corrected chi connectivity index (χ4v) is 2.85. The normalized spacial score (nSPS) is 10.8. The molecule has 5 heteroatoms. The average molecular weight is 345 g/mol. The van der Waals surface area contributed by atoms with Gasteiger partial charge >= 0.3 is 0 Å². The van der Waals surface area contributed by atoms with Crippen LogP contribution in [0.5, 0.6) is 0 Å². The Labute approximate surface area is 149 Å². The number of anilines is 1. The summed E-state index contributed by atoms with van der Waals surface area (Å²) in [4.78, 5) is 17.3. The minimum absolute atomic E-state index is 0.225. The minimum Gasteiger partial charge on any atom is -0.306 e. The lowest BCUT2D eigenvalue weighted by Crippen LogP contribution is -2.14. The second-order valence-electron chi connectivity index (χ2n) is 6.07. The number of rotatable bonds is 3. The maximum Gasteiger partial charge on any atom is 0.256 e. The second-order valence-corrected chi connectivity index (χ2v) is 6.07. The van der Waals surface area contributed by atoms with Crippen molar-refractivity contribution in [2.45, 2.75) is 6.92 Å². The summed E-state index contributed by atoms with van der Waals surface area (Å²) in [5.74, 6) is 0.0182. The Morgan fingerprint density at radius 1 is 1.00 bits per heavy atom. The summed E-state index contributed by atoms with van der Waals surface area (Å²) in [6.07, 6.45) is 1.91. The zero-order valence-corrected chi connectivity index (χ0v) is 14.1. The number of nitrogens with zero attached hydrogens (tertiary/aromatic N) is 2. The Morgan fingerprint density at radius 3 is 2.46 bits per heavy atom. The molecule has 1 N–H and O–H groups in total. The molecule has 0 saturated carbocycles. The quantitative estimate of drug-likeness (QED) is 0.585. The molecular formula is C21H16FN3O. The fraction of sp³-hybridized carbons (Fsp3) is 0.0476. The molecule has 26 heavy (non-hydrogen) atoms. The Bertz CT molecular complexity index is 1090. The van der Waals surface area contributed by atoms with Crippen LogP contribution in [0.3, 0.4) is 0 Å². The first-order chi connectivity index (χ1) is 12.6. The molecule has 0 atom stereocenters. The van der Waals surface area contributed by atoms with Gasteiger partial charge in [-0.05, 0) is 55.0 Å². The molecule has 0 fully saturated rings. The van der Waals surface area contributed by atoms with E-state index < -0.39 is 0 Å². The summed E-state index contributed by atoms with van der Waals surface area (Å²) in [5.41, 5.74) is 3.63. The van der Waals surface area contributed by atoms with Crippen LogP contribution in [0.1, 0.15) is 15.9 Å². The van der Waals surface area contributed by atoms with Gasteiger partial charge in [-0.1, -0.05) is 24.3 Å². The highest BCUT2D eigenvalue weighted by Crippen LogP contribution is 2.29. The lowest BCUT2D eigenvalue weighted by molar-refractivity contribution is 0.102. The van der Waals surface area contributed by atoms with Gasteiger partial charge in [0.05, 0.1) is 0 Å². The van der Waals surface area contributed by atoms with Crippen molar-refractivity contribution in [1.29, 1.82) is 0 Å². The van der Waals surface area contributed by atoms with Crippen LogP contribution in [0.4, 0.5) is 10.2 Å². The molecule has 0 aliphatic heterocycles. The SMILES string of the molecule is Cc1ccc2nc(-c3ccc(F)cc3)c(NC(=O)c3ccccc3)n2c1. The van der Waals surface area contributed by atoms with Crippen molar-refractivity contribution in [2.24, 2.45) is 0 Å². The van der Waals surface area contributed by atoms with Gasteiger partial charge in [0.1, 0.15) is 23.0 Å². The van der Waals surface area contributed by atoms with Gasteiger partial charge < -0.3 is 5.32 Å². The van der Waals surface area contributed by atoms with Gasteiger partial charge in [0.25, 0.3) is 5.91 Å². The number of amides is 1. The number of aryl methyl sites for hydroxylation is 1. The zero-order valence-electron chi connectivity index (χ0n) is 14.1. The molecule has 0 unspecified atom stereocenters. The number of carbonyl (C=O) groups excluding carboxylic acids is 1. The molecule has 0 saturated heterocycles. The van der Waals surface area contributed by atoms with E-state index in [1.54, 1.807) is 24.3 Å². The first-order valence-corrected chi connectivity index (χ1v) is 8.23. The van der Waals surface area contributed by atoms with Crippen LogP contribution in [0.15, 0.2) is 72.9 Å². The van der Waals surface area contributed by atoms with Gasteiger partial charge in [0.2, 0.25) is 0 Å². The van der Waals surface area contributed by atoms with Crippen LogP contribution < -0.4 is 5.32 Å². The van der Waals surface area contributed by atoms with Crippen molar-refractivity contribution < 1.29 is 9.18 Å². The highest BCUT2D eigenvalue weighted by molar-refractivity contribution is 6.05. The first-order valence-electron chi connectivity index (χ1n) is 8.23. The van der Waals surface area contributed by atoms with Crippen LogP contribution in [0, 0.1) is 12.7 Å². The van der Waals surface area contributed by atoms with Gasteiger partial charge in [-0.25, -0.2) is 9.37 Å². The largest absolute Gasteiger partial charge is 0.306 e. The summed E-state index contributed by atoms with van der Waals surface area (Å²) < 4.78 is 15.1. The van der Waals surface area contributed by atoms with Crippen molar-refractivity contribution >= 4 is 17.4 Å². The fourth-order valence-electron chi connectivity index (χ4n) is 2.85. The number of pyridine rings is 1. The van der Waals surface area contributed by atoms with Gasteiger partial charge in [0.15, 0.2) is 0 Å². The highest BCUT2D eigenvalue weighted by atomic mass is 19.1. The number of benzene rings is 2. The van der Waals surface area contributed by atoms with E-state index in [-0.39, 0.29) is 11.7 Å². The number of carbonyl (C=O) groups is 1. The predicted octanol–water partition coefficient (Wildman–Crippen LogP) is 4.70. The molecule has 128 valence electrons. The highest BCUT2D eigenvalue weighted by Gasteiger charge is 2.17.